The third-order valence-electron chi connectivity index (χ3n) is 6.93. The first-order valence-corrected chi connectivity index (χ1v) is 12.8. The van der Waals surface area contributed by atoms with Crippen molar-refractivity contribution in [1.82, 2.24) is 10.3 Å². The lowest BCUT2D eigenvalue weighted by molar-refractivity contribution is -0.120. The van der Waals surface area contributed by atoms with Crippen LogP contribution in [0.25, 0.3) is 0 Å². The number of carboxylic acid groups (broad SMARTS) is 1. The van der Waals surface area contributed by atoms with Gasteiger partial charge in [-0.2, -0.15) is 0 Å². The number of ether oxygens (including phenoxy) is 1. The van der Waals surface area contributed by atoms with E-state index in [1.807, 2.05) is 20.8 Å². The predicted octanol–water partition coefficient (Wildman–Crippen LogP) is 5.26. The molecule has 1 unspecified atom stereocenters. The number of Topliss-reactive ketones (excluding diaryl/α,β-unsaturated/α-hetero) is 1. The number of ketones is 1. The third-order valence-corrected chi connectivity index (χ3v) is 6.93. The number of carbonyl (C=O) groups excluding carboxylic acids is 3. The molecule has 1 aliphatic carbocycles. The Kier molecular flexibility index (Phi) is 7.80. The number of halogens is 1. The minimum Gasteiger partial charge on any atom is -0.478 e. The third kappa shape index (κ3) is 6.17. The Morgan fingerprint density at radius 1 is 1.13 bits per heavy atom. The average Bonchev–Trinajstić information content (AvgIpc) is 2.84. The van der Waals surface area contributed by atoms with Gasteiger partial charge in [0, 0.05) is 6.04 Å². The van der Waals surface area contributed by atoms with E-state index in [2.05, 4.69) is 10.3 Å². The fourth-order valence-corrected chi connectivity index (χ4v) is 5.11. The van der Waals surface area contributed by atoms with E-state index in [1.165, 1.54) is 23.1 Å². The zero-order valence-corrected chi connectivity index (χ0v) is 21.7. The molecular weight excluding hydrogens is 493 g/mol. The Morgan fingerprint density at radius 2 is 1.84 bits per heavy atom. The molecule has 1 fully saturated rings. The van der Waals surface area contributed by atoms with Gasteiger partial charge in [-0.05, 0) is 89.5 Å². The summed E-state index contributed by atoms with van der Waals surface area (Å²) >= 11 is 0. The largest absolute Gasteiger partial charge is 0.478 e. The Balaban J connectivity index is 1.46. The van der Waals surface area contributed by atoms with Gasteiger partial charge in [0.15, 0.2) is 11.6 Å². The number of hydrogen-bond acceptors (Lipinski definition) is 6. The molecule has 0 bridgehead atoms. The van der Waals surface area contributed by atoms with Gasteiger partial charge in [0.2, 0.25) is 5.91 Å². The molecule has 10 heteroatoms. The molecule has 1 aliphatic heterocycles. The fourth-order valence-electron chi connectivity index (χ4n) is 5.11. The van der Waals surface area contributed by atoms with Crippen LogP contribution in [-0.4, -0.2) is 45.5 Å². The first-order valence-electron chi connectivity index (χ1n) is 12.8. The summed E-state index contributed by atoms with van der Waals surface area (Å²) in [6.45, 7) is 5.43. The molecule has 0 saturated heterocycles. The van der Waals surface area contributed by atoms with Gasteiger partial charge in [-0.25, -0.2) is 19.0 Å². The molecule has 0 spiro atoms. The number of rotatable bonds is 6. The van der Waals surface area contributed by atoms with Crippen LogP contribution in [0.2, 0.25) is 0 Å². The van der Waals surface area contributed by atoms with Crippen molar-refractivity contribution in [2.45, 2.75) is 70.9 Å². The maximum atomic E-state index is 14.1. The highest BCUT2D eigenvalue weighted by atomic mass is 19.1. The van der Waals surface area contributed by atoms with Crippen LogP contribution in [0.4, 0.5) is 20.7 Å². The van der Waals surface area contributed by atoms with Crippen LogP contribution in [0.5, 0.6) is 0 Å². The highest BCUT2D eigenvalue weighted by molar-refractivity contribution is 6.23. The van der Waals surface area contributed by atoms with E-state index in [9.17, 15) is 28.7 Å². The van der Waals surface area contributed by atoms with E-state index in [-0.39, 0.29) is 41.0 Å². The molecule has 2 amide bonds. The molecule has 38 heavy (non-hydrogen) atoms. The van der Waals surface area contributed by atoms with Crippen molar-refractivity contribution < 1.29 is 33.4 Å². The van der Waals surface area contributed by atoms with E-state index in [4.69, 9.17) is 4.74 Å². The number of benzene rings is 1. The molecule has 1 saturated carbocycles. The fraction of sp³-hybridized carbons (Fsp3) is 0.464. The van der Waals surface area contributed by atoms with Gasteiger partial charge in [0.05, 0.1) is 23.0 Å². The number of anilines is 2. The Bertz CT molecular complexity index is 1250. The van der Waals surface area contributed by atoms with Crippen LogP contribution < -0.4 is 10.2 Å². The van der Waals surface area contributed by atoms with Gasteiger partial charge in [0.1, 0.15) is 17.3 Å². The molecule has 4 rings (SSSR count). The van der Waals surface area contributed by atoms with Gasteiger partial charge >= 0.3 is 12.1 Å². The number of fused-ring (bicyclic) bond motifs is 1. The number of nitrogens with zero attached hydrogens (tertiary/aromatic N) is 2. The van der Waals surface area contributed by atoms with Crippen molar-refractivity contribution in [3.63, 3.8) is 0 Å². The first kappa shape index (κ1) is 27.2. The summed E-state index contributed by atoms with van der Waals surface area (Å²) in [5, 5.41) is 12.3. The topological polar surface area (TPSA) is 126 Å². The summed E-state index contributed by atoms with van der Waals surface area (Å²) in [7, 11) is 0. The molecule has 2 N–H and O–H groups in total. The van der Waals surface area contributed by atoms with E-state index < -0.39 is 41.1 Å². The van der Waals surface area contributed by atoms with E-state index >= 15 is 0 Å². The van der Waals surface area contributed by atoms with E-state index in [0.29, 0.717) is 6.42 Å². The zero-order valence-electron chi connectivity index (χ0n) is 21.7. The molecule has 202 valence electrons. The number of carboxylic acids is 1. The lowest BCUT2D eigenvalue weighted by atomic mass is 9.80. The van der Waals surface area contributed by atoms with Crippen molar-refractivity contribution in [2.24, 2.45) is 11.8 Å². The van der Waals surface area contributed by atoms with Crippen molar-refractivity contribution >= 4 is 35.3 Å². The van der Waals surface area contributed by atoms with Gasteiger partial charge in [-0.3, -0.25) is 14.5 Å². The number of pyridine rings is 1. The van der Waals surface area contributed by atoms with Crippen molar-refractivity contribution in [2.75, 3.05) is 4.90 Å². The minimum absolute atomic E-state index is 0.000553. The van der Waals surface area contributed by atoms with Gasteiger partial charge in [-0.1, -0.05) is 6.07 Å². The number of amides is 2. The number of nitrogens with one attached hydrogen (secondary N) is 1. The number of aromatic carboxylic acids is 1. The quantitative estimate of drug-likeness (QED) is 0.493. The maximum Gasteiger partial charge on any atom is 0.407 e. The normalized spacial score (nSPS) is 21.6. The first-order chi connectivity index (χ1) is 17.9. The monoisotopic (exact) mass is 525 g/mol. The molecule has 9 nitrogen and oxygen atoms in total. The minimum atomic E-state index is -1.16. The summed E-state index contributed by atoms with van der Waals surface area (Å²) < 4.78 is 19.4. The van der Waals surface area contributed by atoms with Crippen LogP contribution in [0.1, 0.15) is 80.0 Å². The second kappa shape index (κ2) is 10.9. The molecular formula is C28H32FN3O6. The smallest absolute Gasteiger partial charge is 0.407 e. The molecule has 2 aromatic rings. The summed E-state index contributed by atoms with van der Waals surface area (Å²) in [5.41, 5.74) is -0.341. The number of hydrogen-bond donors (Lipinski definition) is 2. The number of carbonyl (C=O) groups is 4. The van der Waals surface area contributed by atoms with Gasteiger partial charge in [0.25, 0.3) is 0 Å². The Hall–Kier alpha value is -3.82. The number of alkyl carbamates (subject to hydrolysis) is 1. The lowest BCUT2D eigenvalue weighted by Gasteiger charge is -2.34. The average molecular weight is 526 g/mol. The Labute approximate surface area is 220 Å². The van der Waals surface area contributed by atoms with Crippen LogP contribution in [-0.2, 0) is 9.53 Å². The Morgan fingerprint density at radius 3 is 2.50 bits per heavy atom. The second-order valence-electron chi connectivity index (χ2n) is 10.9. The van der Waals surface area contributed by atoms with Gasteiger partial charge < -0.3 is 15.2 Å². The van der Waals surface area contributed by atoms with Crippen LogP contribution in [0, 0.1) is 17.7 Å². The highest BCUT2D eigenvalue weighted by Gasteiger charge is 2.41. The molecule has 1 atom stereocenters. The number of aromatic nitrogens is 1. The van der Waals surface area contributed by atoms with E-state index in [0.717, 1.165) is 37.9 Å². The predicted molar refractivity (Wildman–Crippen MR) is 137 cm³/mol. The molecule has 1 aromatic heterocycles. The zero-order chi connectivity index (χ0) is 27.6. The second-order valence-corrected chi connectivity index (χ2v) is 10.9. The van der Waals surface area contributed by atoms with Crippen molar-refractivity contribution in [3.8, 4) is 0 Å². The van der Waals surface area contributed by atoms with Crippen LogP contribution in [0.15, 0.2) is 36.5 Å². The highest BCUT2D eigenvalue weighted by Crippen LogP contribution is 2.38. The molecule has 1 aromatic carbocycles. The summed E-state index contributed by atoms with van der Waals surface area (Å²) in [4.78, 5) is 55.7. The standard InChI is InChI=1S/C28H32FN3O6/c1-28(2,3)38-27(37)31-19-10-7-16(8-11-19)9-12-21-23(33)22-14-18(29)15-30-24(22)32(25(21)34)20-6-4-5-17(13-20)26(35)36/h4-6,13-16,19,21H,7-12H2,1-3H3,(H,31,37)(H,35,36). The summed E-state index contributed by atoms with van der Waals surface area (Å²) in [6, 6.07) is 6.88. The van der Waals surface area contributed by atoms with Crippen LogP contribution in [0.3, 0.4) is 0 Å². The summed E-state index contributed by atoms with van der Waals surface area (Å²) in [5.74, 6) is -3.62. The van der Waals surface area contributed by atoms with Crippen molar-refractivity contribution in [3.05, 3.63) is 53.5 Å². The van der Waals surface area contributed by atoms with Crippen LogP contribution >= 0.6 is 0 Å². The van der Waals surface area contributed by atoms with E-state index in [1.54, 1.807) is 6.07 Å². The molecule has 2 heterocycles. The SMILES string of the molecule is CC(C)(C)OC(=O)NC1CCC(CCC2C(=O)c3cc(F)cnc3N(c3cccc(C(=O)O)c3)C2=O)CC1. The van der Waals surface area contributed by atoms with Gasteiger partial charge in [-0.15, -0.1) is 0 Å². The summed E-state index contributed by atoms with van der Waals surface area (Å²) in [6.07, 6.45) is 4.56. The lowest BCUT2D eigenvalue weighted by Crippen LogP contribution is -2.43. The maximum absolute atomic E-state index is 14.1. The van der Waals surface area contributed by atoms with Crippen molar-refractivity contribution in [1.29, 1.82) is 0 Å². The molecule has 2 aliphatic rings. The molecule has 0 radical (unpaired) electrons.